The average molecular weight is 214 g/mol. The molecule has 2 rings (SSSR count). The molecule has 1 N–H and O–H groups in total. The topological polar surface area (TPSA) is 38.7 Å². The van der Waals surface area contributed by atoms with Crippen molar-refractivity contribution in [3.8, 4) is 0 Å². The predicted molar refractivity (Wildman–Crippen MR) is 57.8 cm³/mol. The van der Waals surface area contributed by atoms with Gasteiger partial charge in [0.2, 0.25) is 0 Å². The lowest BCUT2D eigenvalue weighted by atomic mass is 10.1. The lowest BCUT2D eigenvalue weighted by Gasteiger charge is -2.22. The van der Waals surface area contributed by atoms with Crippen LogP contribution in [0.4, 0.5) is 0 Å². The van der Waals surface area contributed by atoms with E-state index in [1.54, 1.807) is 0 Å². The van der Waals surface area contributed by atoms with E-state index in [-0.39, 0.29) is 18.3 Å². The minimum Gasteiger partial charge on any atom is -0.390 e. The Morgan fingerprint density at radius 3 is 2.73 bits per heavy atom. The maximum Gasteiger partial charge on any atom is 0.0835 e. The smallest absolute Gasteiger partial charge is 0.0835 e. The summed E-state index contributed by atoms with van der Waals surface area (Å²) in [4.78, 5) is 0. The molecule has 1 heterocycles. The van der Waals surface area contributed by atoms with Gasteiger partial charge in [0, 0.05) is 6.61 Å². The van der Waals surface area contributed by atoms with Crippen molar-refractivity contribution in [1.82, 2.24) is 0 Å². The third-order valence-electron chi connectivity index (χ3n) is 3.44. The highest BCUT2D eigenvalue weighted by molar-refractivity contribution is 4.74. The molecular weight excluding hydrogens is 192 g/mol. The Morgan fingerprint density at radius 1 is 1.07 bits per heavy atom. The van der Waals surface area contributed by atoms with Gasteiger partial charge in [0.1, 0.15) is 0 Å². The van der Waals surface area contributed by atoms with Gasteiger partial charge in [-0.15, -0.1) is 0 Å². The van der Waals surface area contributed by atoms with Crippen LogP contribution in [-0.2, 0) is 9.47 Å². The van der Waals surface area contributed by atoms with E-state index in [1.165, 1.54) is 12.8 Å². The minimum atomic E-state index is -0.256. The van der Waals surface area contributed by atoms with Gasteiger partial charge < -0.3 is 14.6 Å². The Bertz CT molecular complexity index is 178. The molecule has 88 valence electrons. The Kier molecular flexibility index (Phi) is 4.42. The lowest BCUT2D eigenvalue weighted by molar-refractivity contribution is -0.0724. The zero-order valence-corrected chi connectivity index (χ0v) is 9.36. The SMILES string of the molecule is OC1CCCCCC1OCC1CCCO1. The maximum absolute atomic E-state index is 9.86. The standard InChI is InChI=1S/C12H22O3/c13-11-6-2-1-3-7-12(11)15-9-10-5-4-8-14-10/h10-13H,1-9H2. The van der Waals surface area contributed by atoms with Gasteiger partial charge in [0.15, 0.2) is 0 Å². The Balaban J connectivity index is 1.71. The molecule has 2 aliphatic rings. The summed E-state index contributed by atoms with van der Waals surface area (Å²) < 4.78 is 11.3. The second-order valence-electron chi connectivity index (χ2n) is 4.71. The van der Waals surface area contributed by atoms with Crippen LogP contribution in [0.25, 0.3) is 0 Å². The molecule has 3 nitrogen and oxygen atoms in total. The highest BCUT2D eigenvalue weighted by Crippen LogP contribution is 2.22. The molecule has 3 heteroatoms. The molecule has 0 amide bonds. The molecule has 0 spiro atoms. The first kappa shape index (κ1) is 11.4. The summed E-state index contributed by atoms with van der Waals surface area (Å²) >= 11 is 0. The summed E-state index contributed by atoms with van der Waals surface area (Å²) in [6.07, 6.45) is 7.81. The van der Waals surface area contributed by atoms with E-state index < -0.39 is 0 Å². The molecule has 1 aliphatic heterocycles. The molecule has 15 heavy (non-hydrogen) atoms. The maximum atomic E-state index is 9.86. The molecule has 3 atom stereocenters. The highest BCUT2D eigenvalue weighted by Gasteiger charge is 2.24. The summed E-state index contributed by atoms with van der Waals surface area (Å²) in [6, 6.07) is 0. The van der Waals surface area contributed by atoms with E-state index in [0.717, 1.165) is 38.7 Å². The predicted octanol–water partition coefficient (Wildman–Crippen LogP) is 1.88. The van der Waals surface area contributed by atoms with Crippen LogP contribution in [0.3, 0.4) is 0 Å². The van der Waals surface area contributed by atoms with Gasteiger partial charge >= 0.3 is 0 Å². The molecule has 0 aromatic heterocycles. The van der Waals surface area contributed by atoms with Gasteiger partial charge in [-0.1, -0.05) is 19.3 Å². The normalized spacial score (nSPS) is 37.8. The van der Waals surface area contributed by atoms with E-state index in [0.29, 0.717) is 6.61 Å². The van der Waals surface area contributed by atoms with Crippen molar-refractivity contribution in [2.75, 3.05) is 13.2 Å². The van der Waals surface area contributed by atoms with Gasteiger partial charge in [0.25, 0.3) is 0 Å². The number of aliphatic hydroxyl groups excluding tert-OH is 1. The molecular formula is C12H22O3. The molecule has 0 aromatic rings. The third kappa shape index (κ3) is 3.44. The van der Waals surface area contributed by atoms with Crippen molar-refractivity contribution < 1.29 is 14.6 Å². The molecule has 2 fully saturated rings. The number of hydrogen-bond donors (Lipinski definition) is 1. The average Bonchev–Trinajstić information content (AvgIpc) is 2.67. The summed E-state index contributed by atoms with van der Waals surface area (Å²) in [5.74, 6) is 0. The van der Waals surface area contributed by atoms with E-state index in [9.17, 15) is 5.11 Å². The second-order valence-corrected chi connectivity index (χ2v) is 4.71. The Hall–Kier alpha value is -0.120. The fraction of sp³-hybridized carbons (Fsp3) is 1.00. The van der Waals surface area contributed by atoms with Crippen LogP contribution in [0.5, 0.6) is 0 Å². The van der Waals surface area contributed by atoms with Gasteiger partial charge in [-0.2, -0.15) is 0 Å². The molecule has 1 saturated carbocycles. The van der Waals surface area contributed by atoms with E-state index in [4.69, 9.17) is 9.47 Å². The zero-order valence-electron chi connectivity index (χ0n) is 9.36. The Labute approximate surface area is 91.8 Å². The summed E-state index contributed by atoms with van der Waals surface area (Å²) in [6.45, 7) is 1.54. The molecule has 0 radical (unpaired) electrons. The van der Waals surface area contributed by atoms with E-state index in [2.05, 4.69) is 0 Å². The number of aliphatic hydroxyl groups is 1. The highest BCUT2D eigenvalue weighted by atomic mass is 16.5. The summed E-state index contributed by atoms with van der Waals surface area (Å²) in [7, 11) is 0. The van der Waals surface area contributed by atoms with Crippen molar-refractivity contribution in [2.45, 2.75) is 63.3 Å². The van der Waals surface area contributed by atoms with Crippen LogP contribution in [0.15, 0.2) is 0 Å². The van der Waals surface area contributed by atoms with Crippen LogP contribution in [0.1, 0.15) is 44.9 Å². The van der Waals surface area contributed by atoms with Crippen LogP contribution in [-0.4, -0.2) is 36.6 Å². The molecule has 1 saturated heterocycles. The number of ether oxygens (including phenoxy) is 2. The zero-order chi connectivity index (χ0) is 10.5. The van der Waals surface area contributed by atoms with Gasteiger partial charge in [-0.25, -0.2) is 0 Å². The second kappa shape index (κ2) is 5.83. The Morgan fingerprint density at radius 2 is 1.93 bits per heavy atom. The number of hydrogen-bond acceptors (Lipinski definition) is 3. The quantitative estimate of drug-likeness (QED) is 0.729. The van der Waals surface area contributed by atoms with Crippen LogP contribution >= 0.6 is 0 Å². The fourth-order valence-corrected chi connectivity index (χ4v) is 2.46. The third-order valence-corrected chi connectivity index (χ3v) is 3.44. The van der Waals surface area contributed by atoms with Crippen molar-refractivity contribution in [2.24, 2.45) is 0 Å². The van der Waals surface area contributed by atoms with Crippen molar-refractivity contribution in [1.29, 1.82) is 0 Å². The summed E-state index contributed by atoms with van der Waals surface area (Å²) in [5.41, 5.74) is 0. The van der Waals surface area contributed by atoms with E-state index >= 15 is 0 Å². The number of rotatable bonds is 3. The van der Waals surface area contributed by atoms with Crippen molar-refractivity contribution in [3.63, 3.8) is 0 Å². The molecule has 1 aliphatic carbocycles. The molecule has 3 unspecified atom stereocenters. The molecule has 0 aromatic carbocycles. The molecule has 0 bridgehead atoms. The minimum absolute atomic E-state index is 0.0525. The first-order chi connectivity index (χ1) is 7.36. The van der Waals surface area contributed by atoms with E-state index in [1.807, 2.05) is 0 Å². The lowest BCUT2D eigenvalue weighted by Crippen LogP contribution is -2.30. The summed E-state index contributed by atoms with van der Waals surface area (Å²) in [5, 5.41) is 9.86. The largest absolute Gasteiger partial charge is 0.390 e. The van der Waals surface area contributed by atoms with Gasteiger partial charge in [0.05, 0.1) is 24.9 Å². The van der Waals surface area contributed by atoms with Crippen LogP contribution in [0, 0.1) is 0 Å². The van der Waals surface area contributed by atoms with Crippen LogP contribution in [0.2, 0.25) is 0 Å². The monoisotopic (exact) mass is 214 g/mol. The van der Waals surface area contributed by atoms with Crippen molar-refractivity contribution in [3.05, 3.63) is 0 Å². The van der Waals surface area contributed by atoms with Crippen molar-refractivity contribution >= 4 is 0 Å². The first-order valence-electron chi connectivity index (χ1n) is 6.27. The van der Waals surface area contributed by atoms with Gasteiger partial charge in [-0.3, -0.25) is 0 Å². The van der Waals surface area contributed by atoms with Gasteiger partial charge in [-0.05, 0) is 25.7 Å². The first-order valence-corrected chi connectivity index (χ1v) is 6.27. The fourth-order valence-electron chi connectivity index (χ4n) is 2.46. The van der Waals surface area contributed by atoms with Crippen LogP contribution < -0.4 is 0 Å².